The van der Waals surface area contributed by atoms with Gasteiger partial charge in [-0.1, -0.05) is 0 Å². The molecule has 13 nitrogen and oxygen atoms in total. The van der Waals surface area contributed by atoms with Crippen molar-refractivity contribution in [2.75, 3.05) is 5.32 Å². The minimum absolute atomic E-state index is 0.0588. The Balaban J connectivity index is 1.24. The van der Waals surface area contributed by atoms with Gasteiger partial charge in [-0.05, 0) is 45.6 Å². The van der Waals surface area contributed by atoms with Gasteiger partial charge in [0.2, 0.25) is 0 Å². The van der Waals surface area contributed by atoms with E-state index in [1.54, 1.807) is 24.7 Å². The van der Waals surface area contributed by atoms with Gasteiger partial charge in [-0.3, -0.25) is 4.79 Å². The Morgan fingerprint density at radius 3 is 2.52 bits per heavy atom. The SMILES string of the molecule is CC(C)n1cc(C(=O)NC2CC(O)C(O)C2)c2cnc(Nc3ccnc(-c4cnn(S(=O)(=O)C5CC5)c4)n3)cc21. The van der Waals surface area contributed by atoms with E-state index >= 15 is 0 Å². The van der Waals surface area contributed by atoms with Crippen LogP contribution in [-0.4, -0.2) is 76.7 Å². The second-order valence-corrected chi connectivity index (χ2v) is 12.7. The van der Waals surface area contributed by atoms with Crippen molar-refractivity contribution in [1.29, 1.82) is 0 Å². The van der Waals surface area contributed by atoms with Crippen LogP contribution in [-0.2, 0) is 10.0 Å². The maximum Gasteiger partial charge on any atom is 0.256 e. The molecule has 2 fully saturated rings. The van der Waals surface area contributed by atoms with Gasteiger partial charge in [-0.15, -0.1) is 0 Å². The molecule has 1 amide bonds. The van der Waals surface area contributed by atoms with E-state index in [1.807, 2.05) is 24.5 Å². The number of anilines is 2. The minimum atomic E-state index is -3.49. The highest BCUT2D eigenvalue weighted by Gasteiger charge is 2.38. The second kappa shape index (κ2) is 9.94. The number of aliphatic hydroxyl groups excluding tert-OH is 2. The molecule has 6 rings (SSSR count). The Morgan fingerprint density at radius 2 is 1.82 bits per heavy atom. The number of hydrogen-bond acceptors (Lipinski definition) is 10. The van der Waals surface area contributed by atoms with Crippen molar-refractivity contribution in [2.24, 2.45) is 0 Å². The molecule has 4 heterocycles. The summed E-state index contributed by atoms with van der Waals surface area (Å²) in [5.41, 5.74) is 1.73. The first-order chi connectivity index (χ1) is 19.1. The Morgan fingerprint density at radius 1 is 1.07 bits per heavy atom. The number of amides is 1. The van der Waals surface area contributed by atoms with E-state index in [0.717, 1.165) is 9.60 Å². The van der Waals surface area contributed by atoms with Gasteiger partial charge in [-0.2, -0.15) is 9.19 Å². The quantitative estimate of drug-likeness (QED) is 0.246. The molecule has 4 aromatic rings. The lowest BCUT2D eigenvalue weighted by Gasteiger charge is -2.11. The molecule has 4 N–H and O–H groups in total. The van der Waals surface area contributed by atoms with Crippen molar-refractivity contribution in [3.05, 3.63) is 48.7 Å². The molecule has 14 heteroatoms. The molecule has 2 aliphatic carbocycles. The Kier molecular flexibility index (Phi) is 6.55. The number of carbonyl (C=O) groups is 1. The van der Waals surface area contributed by atoms with Crippen molar-refractivity contribution < 1.29 is 23.4 Å². The zero-order valence-corrected chi connectivity index (χ0v) is 22.8. The average Bonchev–Trinajstić information content (AvgIpc) is 3.40. The third-order valence-electron chi connectivity index (χ3n) is 7.29. The fourth-order valence-electron chi connectivity index (χ4n) is 4.97. The third-order valence-corrected chi connectivity index (χ3v) is 9.32. The largest absolute Gasteiger partial charge is 0.390 e. The average molecular weight is 567 g/mol. The maximum absolute atomic E-state index is 13.1. The van der Waals surface area contributed by atoms with Gasteiger partial charge < -0.3 is 25.4 Å². The molecule has 210 valence electrons. The number of nitrogens with one attached hydrogen (secondary N) is 2. The van der Waals surface area contributed by atoms with E-state index in [4.69, 9.17) is 0 Å². The maximum atomic E-state index is 13.1. The van der Waals surface area contributed by atoms with Crippen molar-refractivity contribution in [3.8, 4) is 11.4 Å². The summed E-state index contributed by atoms with van der Waals surface area (Å²) in [5, 5.41) is 30.0. The van der Waals surface area contributed by atoms with E-state index in [0.29, 0.717) is 59.7 Å². The van der Waals surface area contributed by atoms with Gasteiger partial charge >= 0.3 is 0 Å². The number of nitrogens with zero attached hydrogens (tertiary/aromatic N) is 6. The molecule has 2 aliphatic rings. The van der Waals surface area contributed by atoms with E-state index in [9.17, 15) is 23.4 Å². The predicted molar refractivity (Wildman–Crippen MR) is 146 cm³/mol. The van der Waals surface area contributed by atoms with Crippen molar-refractivity contribution in [3.63, 3.8) is 0 Å². The molecule has 2 atom stereocenters. The molecular weight excluding hydrogens is 536 g/mol. The van der Waals surface area contributed by atoms with Crippen LogP contribution in [0.25, 0.3) is 22.3 Å². The molecular formula is C26H30N8O5S. The standard InChI is InChI=1S/C26H30N8O5S/c1-14(2)33-13-19(26(37)30-16-7-21(35)22(36)8-16)18-11-28-24(9-20(18)33)31-23-5-6-27-25(32-23)15-10-29-34(12-15)40(38,39)17-3-4-17/h5-6,9-14,16-17,21-22,35-36H,3-4,7-8H2,1-2H3,(H,30,37)(H,27,28,31,32). The summed E-state index contributed by atoms with van der Waals surface area (Å²) in [4.78, 5) is 26.4. The highest BCUT2D eigenvalue weighted by atomic mass is 32.2. The molecule has 4 aromatic heterocycles. The lowest BCUT2D eigenvalue weighted by molar-refractivity contribution is 0.0438. The molecule has 2 unspecified atom stereocenters. The molecule has 0 aliphatic heterocycles. The van der Waals surface area contributed by atoms with Crippen LogP contribution in [0.3, 0.4) is 0 Å². The summed E-state index contributed by atoms with van der Waals surface area (Å²) in [7, 11) is -3.49. The summed E-state index contributed by atoms with van der Waals surface area (Å²) in [6.07, 6.45) is 8.04. The van der Waals surface area contributed by atoms with Gasteiger partial charge in [-0.25, -0.2) is 23.4 Å². The smallest absolute Gasteiger partial charge is 0.256 e. The predicted octanol–water partition coefficient (Wildman–Crippen LogP) is 1.97. The van der Waals surface area contributed by atoms with Gasteiger partial charge in [0.25, 0.3) is 15.9 Å². The molecule has 0 bridgehead atoms. The number of aromatic nitrogens is 6. The van der Waals surface area contributed by atoms with Crippen LogP contribution in [0.5, 0.6) is 0 Å². The Hall–Kier alpha value is -3.88. The highest BCUT2D eigenvalue weighted by Crippen LogP contribution is 2.31. The van der Waals surface area contributed by atoms with Crippen LogP contribution in [0.1, 0.15) is 55.9 Å². The van der Waals surface area contributed by atoms with Gasteiger partial charge in [0.05, 0.1) is 46.5 Å². The van der Waals surface area contributed by atoms with Crippen molar-refractivity contribution in [1.82, 2.24) is 34.0 Å². The fraction of sp³-hybridized carbons (Fsp3) is 0.423. The summed E-state index contributed by atoms with van der Waals surface area (Å²) in [5.74, 6) is 0.977. The Labute approximate surface area is 230 Å². The van der Waals surface area contributed by atoms with E-state index in [-0.39, 0.29) is 23.2 Å². The molecule has 40 heavy (non-hydrogen) atoms. The second-order valence-electron chi connectivity index (χ2n) is 10.6. The van der Waals surface area contributed by atoms with Crippen LogP contribution < -0.4 is 10.6 Å². The zero-order valence-electron chi connectivity index (χ0n) is 22.0. The molecule has 0 aromatic carbocycles. The van der Waals surface area contributed by atoms with Crippen molar-refractivity contribution in [2.45, 2.75) is 69.1 Å². The van der Waals surface area contributed by atoms with Gasteiger partial charge in [0, 0.05) is 42.1 Å². The molecule has 0 spiro atoms. The minimum Gasteiger partial charge on any atom is -0.390 e. The number of carbonyl (C=O) groups excluding carboxylic acids is 1. The normalized spacial score (nSPS) is 21.3. The number of hydrogen-bond donors (Lipinski definition) is 4. The summed E-state index contributed by atoms with van der Waals surface area (Å²) in [6, 6.07) is 3.25. The number of aliphatic hydroxyl groups is 2. The summed E-state index contributed by atoms with van der Waals surface area (Å²) < 4.78 is 27.9. The van der Waals surface area contributed by atoms with Gasteiger partial charge in [0.15, 0.2) is 5.82 Å². The first-order valence-corrected chi connectivity index (χ1v) is 14.7. The van der Waals surface area contributed by atoms with E-state index in [2.05, 4.69) is 30.7 Å². The first-order valence-electron chi connectivity index (χ1n) is 13.2. The van der Waals surface area contributed by atoms with E-state index in [1.165, 1.54) is 12.4 Å². The summed E-state index contributed by atoms with van der Waals surface area (Å²) in [6.45, 7) is 4.03. The summed E-state index contributed by atoms with van der Waals surface area (Å²) >= 11 is 0. The number of pyridine rings is 1. The number of fused-ring (bicyclic) bond motifs is 1. The van der Waals surface area contributed by atoms with Crippen LogP contribution in [0.4, 0.5) is 11.6 Å². The lowest BCUT2D eigenvalue weighted by Crippen LogP contribution is -2.33. The fourth-order valence-corrected chi connectivity index (χ4v) is 6.45. The third kappa shape index (κ3) is 4.93. The molecule has 2 saturated carbocycles. The monoisotopic (exact) mass is 566 g/mol. The van der Waals surface area contributed by atoms with Crippen LogP contribution in [0, 0.1) is 0 Å². The highest BCUT2D eigenvalue weighted by molar-refractivity contribution is 7.90. The molecule has 0 radical (unpaired) electrons. The van der Waals surface area contributed by atoms with E-state index < -0.39 is 22.2 Å². The van der Waals surface area contributed by atoms with Gasteiger partial charge in [0.1, 0.15) is 11.6 Å². The molecule has 0 saturated heterocycles. The van der Waals surface area contributed by atoms with Crippen LogP contribution in [0.15, 0.2) is 43.1 Å². The van der Waals surface area contributed by atoms with Crippen LogP contribution in [0.2, 0.25) is 0 Å². The zero-order chi connectivity index (χ0) is 28.2. The van der Waals surface area contributed by atoms with Crippen molar-refractivity contribution >= 4 is 38.5 Å². The first kappa shape index (κ1) is 26.3. The topological polar surface area (TPSA) is 177 Å². The van der Waals surface area contributed by atoms with Crippen LogP contribution >= 0.6 is 0 Å². The lowest BCUT2D eigenvalue weighted by atomic mass is 10.1. The Bertz CT molecular complexity index is 1680. The number of rotatable bonds is 8.